The molecule has 0 aliphatic carbocycles. The van der Waals surface area contributed by atoms with E-state index in [-0.39, 0.29) is 17.4 Å². The highest BCUT2D eigenvalue weighted by molar-refractivity contribution is 7.89. The van der Waals surface area contributed by atoms with Crippen molar-refractivity contribution in [3.05, 3.63) is 64.7 Å². The molecule has 158 valence electrons. The van der Waals surface area contributed by atoms with Crippen molar-refractivity contribution in [1.82, 2.24) is 14.5 Å². The zero-order chi connectivity index (χ0) is 21.3. The predicted octanol–water partition coefficient (Wildman–Crippen LogP) is 2.43. The average Bonchev–Trinajstić information content (AvgIpc) is 2.75. The van der Waals surface area contributed by atoms with E-state index in [1.54, 1.807) is 19.1 Å². The lowest BCUT2D eigenvalue weighted by atomic mass is 10.1. The number of nitrogens with one attached hydrogen (secondary N) is 1. The van der Waals surface area contributed by atoms with Crippen molar-refractivity contribution in [2.75, 3.05) is 23.7 Å². The van der Waals surface area contributed by atoms with E-state index < -0.39 is 15.8 Å². The smallest absolute Gasteiger partial charge is 0.279 e. The molecule has 0 saturated carbocycles. The number of piperidine rings is 1. The van der Waals surface area contributed by atoms with Gasteiger partial charge in [-0.25, -0.2) is 17.5 Å². The SMILES string of the molecule is CCS(=O)(=O)N[C@@H]1CCCN(c2nn(-c3ccc(F)cc3)c(=O)c3ccccc23)C1. The first-order valence-corrected chi connectivity index (χ1v) is 11.6. The maximum atomic E-state index is 13.4. The van der Waals surface area contributed by atoms with E-state index in [9.17, 15) is 17.6 Å². The minimum Gasteiger partial charge on any atom is -0.353 e. The Balaban J connectivity index is 1.79. The number of fused-ring (bicyclic) bond motifs is 1. The van der Waals surface area contributed by atoms with Gasteiger partial charge in [-0.15, -0.1) is 5.10 Å². The molecular weight excluding hydrogens is 407 g/mol. The van der Waals surface area contributed by atoms with Crippen molar-refractivity contribution in [1.29, 1.82) is 0 Å². The van der Waals surface area contributed by atoms with E-state index in [1.165, 1.54) is 28.9 Å². The van der Waals surface area contributed by atoms with Crippen LogP contribution < -0.4 is 15.2 Å². The summed E-state index contributed by atoms with van der Waals surface area (Å²) >= 11 is 0. The Morgan fingerprint density at radius 1 is 1.13 bits per heavy atom. The normalized spacial score (nSPS) is 17.4. The van der Waals surface area contributed by atoms with E-state index in [0.717, 1.165) is 12.8 Å². The van der Waals surface area contributed by atoms with Gasteiger partial charge in [-0.05, 0) is 50.1 Å². The zero-order valence-corrected chi connectivity index (χ0v) is 17.4. The summed E-state index contributed by atoms with van der Waals surface area (Å²) in [6.07, 6.45) is 1.54. The fourth-order valence-corrected chi connectivity index (χ4v) is 4.63. The standard InChI is InChI=1S/C21H23FN4O3S/c1-2-30(28,29)24-16-6-5-13-25(14-16)20-18-7-3-4-8-19(18)21(27)26(23-20)17-11-9-15(22)10-12-17/h3-4,7-12,16,24H,2,5-6,13-14H2,1H3/t16-/m1/s1. The fraction of sp³-hybridized carbons (Fsp3) is 0.333. The van der Waals surface area contributed by atoms with Crippen LogP contribution in [0.1, 0.15) is 19.8 Å². The number of nitrogens with zero attached hydrogens (tertiary/aromatic N) is 3. The van der Waals surface area contributed by atoms with Crippen LogP contribution in [0.25, 0.3) is 16.5 Å². The molecular formula is C21H23FN4O3S. The van der Waals surface area contributed by atoms with Gasteiger partial charge in [-0.1, -0.05) is 18.2 Å². The highest BCUT2D eigenvalue weighted by atomic mass is 32.2. The summed E-state index contributed by atoms with van der Waals surface area (Å²) in [5.41, 5.74) is 0.176. The largest absolute Gasteiger partial charge is 0.353 e. The average molecular weight is 431 g/mol. The molecule has 1 saturated heterocycles. The Labute approximate surface area is 174 Å². The Bertz CT molecular complexity index is 1230. The van der Waals surface area contributed by atoms with Gasteiger partial charge in [0.1, 0.15) is 5.82 Å². The second-order valence-corrected chi connectivity index (χ2v) is 9.41. The summed E-state index contributed by atoms with van der Waals surface area (Å²) < 4.78 is 41.4. The summed E-state index contributed by atoms with van der Waals surface area (Å²) in [5.74, 6) is 0.241. The van der Waals surface area contributed by atoms with Gasteiger partial charge in [0, 0.05) is 24.5 Å². The Morgan fingerprint density at radius 3 is 2.53 bits per heavy atom. The summed E-state index contributed by atoms with van der Waals surface area (Å²) in [6, 6.07) is 12.6. The number of anilines is 1. The molecule has 1 aliphatic rings. The molecule has 9 heteroatoms. The number of hydrogen-bond acceptors (Lipinski definition) is 5. The highest BCUT2D eigenvalue weighted by Gasteiger charge is 2.26. The summed E-state index contributed by atoms with van der Waals surface area (Å²) in [5, 5.41) is 5.82. The number of sulfonamides is 1. The molecule has 4 rings (SSSR count). The molecule has 1 fully saturated rings. The van der Waals surface area contributed by atoms with E-state index in [1.807, 2.05) is 17.0 Å². The van der Waals surface area contributed by atoms with Gasteiger partial charge in [-0.3, -0.25) is 4.79 Å². The first-order chi connectivity index (χ1) is 14.4. The van der Waals surface area contributed by atoms with Crippen LogP contribution in [0, 0.1) is 5.82 Å². The van der Waals surface area contributed by atoms with Crippen molar-refractivity contribution >= 4 is 26.6 Å². The maximum Gasteiger partial charge on any atom is 0.279 e. The molecule has 2 heterocycles. The van der Waals surface area contributed by atoms with Gasteiger partial charge in [0.2, 0.25) is 10.0 Å². The van der Waals surface area contributed by atoms with Crippen LogP contribution in [-0.2, 0) is 10.0 Å². The van der Waals surface area contributed by atoms with Crippen molar-refractivity contribution in [2.24, 2.45) is 0 Å². The third-order valence-electron chi connectivity index (χ3n) is 5.30. The number of rotatable bonds is 5. The highest BCUT2D eigenvalue weighted by Crippen LogP contribution is 2.26. The maximum absolute atomic E-state index is 13.4. The molecule has 1 aliphatic heterocycles. The molecule has 0 bridgehead atoms. The molecule has 1 aromatic heterocycles. The summed E-state index contributed by atoms with van der Waals surface area (Å²) in [4.78, 5) is 15.0. The van der Waals surface area contributed by atoms with Crippen LogP contribution in [0.5, 0.6) is 0 Å². The van der Waals surface area contributed by atoms with Crippen molar-refractivity contribution in [3.8, 4) is 5.69 Å². The monoisotopic (exact) mass is 430 g/mol. The Hall–Kier alpha value is -2.78. The molecule has 0 unspecified atom stereocenters. The van der Waals surface area contributed by atoms with E-state index in [0.29, 0.717) is 35.4 Å². The molecule has 0 amide bonds. The molecule has 0 spiro atoms. The van der Waals surface area contributed by atoms with Gasteiger partial charge in [0.25, 0.3) is 5.56 Å². The zero-order valence-electron chi connectivity index (χ0n) is 16.6. The first-order valence-electron chi connectivity index (χ1n) is 9.91. The molecule has 30 heavy (non-hydrogen) atoms. The van der Waals surface area contributed by atoms with E-state index in [4.69, 9.17) is 0 Å². The van der Waals surface area contributed by atoms with Crippen molar-refractivity contribution in [3.63, 3.8) is 0 Å². The quantitative estimate of drug-likeness (QED) is 0.672. The molecule has 0 radical (unpaired) electrons. The third-order valence-corrected chi connectivity index (χ3v) is 6.76. The van der Waals surface area contributed by atoms with E-state index in [2.05, 4.69) is 9.82 Å². The minimum atomic E-state index is -3.32. The molecule has 1 atom stereocenters. The van der Waals surface area contributed by atoms with Gasteiger partial charge in [0.15, 0.2) is 5.82 Å². The van der Waals surface area contributed by atoms with Crippen molar-refractivity contribution < 1.29 is 12.8 Å². The second kappa shape index (κ2) is 8.16. The van der Waals surface area contributed by atoms with Crippen LogP contribution in [0.4, 0.5) is 10.2 Å². The summed E-state index contributed by atoms with van der Waals surface area (Å²) in [7, 11) is -3.32. The fourth-order valence-electron chi connectivity index (χ4n) is 3.77. The number of halogens is 1. The van der Waals surface area contributed by atoms with Gasteiger partial charge in [0.05, 0.1) is 16.8 Å². The van der Waals surface area contributed by atoms with Crippen molar-refractivity contribution in [2.45, 2.75) is 25.8 Å². The third kappa shape index (κ3) is 4.08. The van der Waals surface area contributed by atoms with Crippen LogP contribution in [0.3, 0.4) is 0 Å². The summed E-state index contributed by atoms with van der Waals surface area (Å²) in [6.45, 7) is 2.76. The topological polar surface area (TPSA) is 84.3 Å². The lowest BCUT2D eigenvalue weighted by Crippen LogP contribution is -2.48. The Morgan fingerprint density at radius 2 is 1.83 bits per heavy atom. The van der Waals surface area contributed by atoms with Crippen LogP contribution in [-0.4, -0.2) is 43.1 Å². The lowest BCUT2D eigenvalue weighted by Gasteiger charge is -2.34. The number of benzene rings is 2. The van der Waals surface area contributed by atoms with Crippen LogP contribution in [0.2, 0.25) is 0 Å². The second-order valence-electron chi connectivity index (χ2n) is 7.37. The minimum absolute atomic E-state index is 0.0279. The van der Waals surface area contributed by atoms with Gasteiger partial charge < -0.3 is 4.90 Å². The van der Waals surface area contributed by atoms with E-state index >= 15 is 0 Å². The predicted molar refractivity (Wildman–Crippen MR) is 115 cm³/mol. The van der Waals surface area contributed by atoms with Gasteiger partial charge in [-0.2, -0.15) is 4.68 Å². The van der Waals surface area contributed by atoms with Crippen LogP contribution in [0.15, 0.2) is 53.3 Å². The number of aromatic nitrogens is 2. The van der Waals surface area contributed by atoms with Gasteiger partial charge >= 0.3 is 0 Å². The Kier molecular flexibility index (Phi) is 5.57. The first kappa shape index (κ1) is 20.5. The molecule has 7 nitrogen and oxygen atoms in total. The molecule has 1 N–H and O–H groups in total. The lowest BCUT2D eigenvalue weighted by molar-refractivity contribution is 0.463. The molecule has 3 aromatic rings. The van der Waals surface area contributed by atoms with Crippen LogP contribution >= 0.6 is 0 Å². The number of hydrogen-bond donors (Lipinski definition) is 1. The molecule has 2 aromatic carbocycles.